The quantitative estimate of drug-likeness (QED) is 0.471. The maximum absolute atomic E-state index is 11.6. The number of carbonyl (C=O) groups is 3. The van der Waals surface area contributed by atoms with Gasteiger partial charge in [0.1, 0.15) is 0 Å². The summed E-state index contributed by atoms with van der Waals surface area (Å²) in [7, 11) is 0. The van der Waals surface area contributed by atoms with Gasteiger partial charge in [-0.1, -0.05) is 17.7 Å². The third kappa shape index (κ3) is 6.56. The third-order valence-corrected chi connectivity index (χ3v) is 2.66. The summed E-state index contributed by atoms with van der Waals surface area (Å²) in [6, 6.07) is 7.13. The number of carbonyl (C=O) groups excluding carboxylic acids is 3. The van der Waals surface area contributed by atoms with E-state index >= 15 is 0 Å². The molecular formula is C15H20N2O4. The van der Waals surface area contributed by atoms with Gasteiger partial charge >= 0.3 is 17.8 Å². The standard InChI is InChI=1S/C15H20N2O4/c1-3-21-13(18)5-4-10-16-14(19)15(20)17-12-8-6-11(2)7-9-12/h6-9H,3-5,10H2,1-2H3,(H,16,19)(H,17,20). The van der Waals surface area contributed by atoms with Crippen LogP contribution in [0.5, 0.6) is 0 Å². The first-order valence-electron chi connectivity index (χ1n) is 6.84. The minimum Gasteiger partial charge on any atom is -0.466 e. The molecule has 0 fully saturated rings. The molecule has 2 N–H and O–H groups in total. The van der Waals surface area contributed by atoms with E-state index < -0.39 is 11.8 Å². The second-order valence-corrected chi connectivity index (χ2v) is 4.48. The molecule has 1 aromatic carbocycles. The largest absolute Gasteiger partial charge is 0.466 e. The van der Waals surface area contributed by atoms with Gasteiger partial charge in [-0.05, 0) is 32.4 Å². The van der Waals surface area contributed by atoms with Crippen molar-refractivity contribution in [2.24, 2.45) is 0 Å². The van der Waals surface area contributed by atoms with Crippen LogP contribution in [0.1, 0.15) is 25.3 Å². The van der Waals surface area contributed by atoms with Crippen LogP contribution in [0.15, 0.2) is 24.3 Å². The predicted octanol–water partition coefficient (Wildman–Crippen LogP) is 1.39. The Labute approximate surface area is 123 Å². The summed E-state index contributed by atoms with van der Waals surface area (Å²) in [5.41, 5.74) is 1.63. The van der Waals surface area contributed by atoms with Gasteiger partial charge < -0.3 is 15.4 Å². The van der Waals surface area contributed by atoms with E-state index in [0.717, 1.165) is 5.56 Å². The number of amides is 2. The average Bonchev–Trinajstić information content (AvgIpc) is 2.46. The Balaban J connectivity index is 2.27. The fourth-order valence-electron chi connectivity index (χ4n) is 1.57. The minimum absolute atomic E-state index is 0.216. The summed E-state index contributed by atoms with van der Waals surface area (Å²) in [6.07, 6.45) is 0.649. The van der Waals surface area contributed by atoms with Gasteiger partial charge in [0.05, 0.1) is 6.61 Å². The van der Waals surface area contributed by atoms with Crippen LogP contribution in [0.3, 0.4) is 0 Å². The predicted molar refractivity (Wildman–Crippen MR) is 78.7 cm³/mol. The average molecular weight is 292 g/mol. The molecule has 1 rings (SSSR count). The molecule has 0 aliphatic heterocycles. The van der Waals surface area contributed by atoms with E-state index in [2.05, 4.69) is 10.6 Å². The highest BCUT2D eigenvalue weighted by atomic mass is 16.5. The van der Waals surface area contributed by atoms with Gasteiger partial charge in [-0.2, -0.15) is 0 Å². The number of hydrogen-bond donors (Lipinski definition) is 2. The van der Waals surface area contributed by atoms with Crippen LogP contribution in [0, 0.1) is 6.92 Å². The van der Waals surface area contributed by atoms with E-state index in [1.807, 2.05) is 19.1 Å². The molecule has 0 saturated heterocycles. The van der Waals surface area contributed by atoms with Gasteiger partial charge in [0, 0.05) is 18.7 Å². The molecule has 2 amide bonds. The molecule has 0 atom stereocenters. The van der Waals surface area contributed by atoms with E-state index in [9.17, 15) is 14.4 Å². The number of anilines is 1. The molecular weight excluding hydrogens is 272 g/mol. The van der Waals surface area contributed by atoms with Crippen molar-refractivity contribution in [3.8, 4) is 0 Å². The van der Waals surface area contributed by atoms with Gasteiger partial charge in [0.25, 0.3) is 0 Å². The molecule has 1 aromatic rings. The Morgan fingerprint density at radius 3 is 2.38 bits per heavy atom. The van der Waals surface area contributed by atoms with Crippen molar-refractivity contribution >= 4 is 23.5 Å². The lowest BCUT2D eigenvalue weighted by Gasteiger charge is -2.06. The number of rotatable bonds is 6. The number of ether oxygens (including phenoxy) is 1. The van der Waals surface area contributed by atoms with Crippen LogP contribution < -0.4 is 10.6 Å². The third-order valence-electron chi connectivity index (χ3n) is 2.66. The summed E-state index contributed by atoms with van der Waals surface area (Å²) < 4.78 is 4.75. The highest BCUT2D eigenvalue weighted by molar-refractivity contribution is 6.39. The van der Waals surface area contributed by atoms with E-state index in [4.69, 9.17) is 4.74 Å². The number of hydrogen-bond acceptors (Lipinski definition) is 4. The number of nitrogens with one attached hydrogen (secondary N) is 2. The van der Waals surface area contributed by atoms with Crippen LogP contribution in [0.4, 0.5) is 5.69 Å². The van der Waals surface area contributed by atoms with Gasteiger partial charge in [-0.3, -0.25) is 14.4 Å². The van der Waals surface area contributed by atoms with Crippen molar-refractivity contribution in [1.82, 2.24) is 5.32 Å². The normalized spacial score (nSPS) is 9.81. The summed E-state index contributed by atoms with van der Waals surface area (Å²) in [5, 5.41) is 4.95. The summed E-state index contributed by atoms with van der Waals surface area (Å²) in [4.78, 5) is 34.2. The Morgan fingerprint density at radius 1 is 1.10 bits per heavy atom. The Morgan fingerprint density at radius 2 is 1.76 bits per heavy atom. The molecule has 0 aliphatic rings. The van der Waals surface area contributed by atoms with E-state index in [0.29, 0.717) is 18.7 Å². The van der Waals surface area contributed by atoms with Crippen molar-refractivity contribution < 1.29 is 19.1 Å². The summed E-state index contributed by atoms with van der Waals surface area (Å²) in [6.45, 7) is 4.25. The molecule has 0 aromatic heterocycles. The number of esters is 1. The van der Waals surface area contributed by atoms with Crippen LogP contribution >= 0.6 is 0 Å². The zero-order valence-electron chi connectivity index (χ0n) is 12.3. The van der Waals surface area contributed by atoms with Crippen molar-refractivity contribution in [2.45, 2.75) is 26.7 Å². The van der Waals surface area contributed by atoms with Gasteiger partial charge in [-0.25, -0.2) is 0 Å². The minimum atomic E-state index is -0.727. The fraction of sp³-hybridized carbons (Fsp3) is 0.400. The molecule has 0 saturated carbocycles. The highest BCUT2D eigenvalue weighted by Crippen LogP contribution is 2.08. The lowest BCUT2D eigenvalue weighted by Crippen LogP contribution is -2.36. The van der Waals surface area contributed by atoms with Gasteiger partial charge in [-0.15, -0.1) is 0 Å². The van der Waals surface area contributed by atoms with Crippen molar-refractivity contribution in [2.75, 3.05) is 18.5 Å². The smallest absolute Gasteiger partial charge is 0.313 e. The molecule has 0 unspecified atom stereocenters. The molecule has 0 heterocycles. The van der Waals surface area contributed by atoms with Crippen molar-refractivity contribution in [1.29, 1.82) is 0 Å². The van der Waals surface area contributed by atoms with E-state index in [1.54, 1.807) is 19.1 Å². The Hall–Kier alpha value is -2.37. The summed E-state index contributed by atoms with van der Waals surface area (Å²) in [5.74, 6) is -1.76. The first kappa shape index (κ1) is 16.7. The van der Waals surface area contributed by atoms with Crippen LogP contribution in [0.25, 0.3) is 0 Å². The molecule has 0 radical (unpaired) electrons. The van der Waals surface area contributed by atoms with E-state index in [1.165, 1.54) is 0 Å². The molecule has 6 heteroatoms. The maximum atomic E-state index is 11.6. The first-order valence-corrected chi connectivity index (χ1v) is 6.84. The molecule has 0 bridgehead atoms. The Bertz CT molecular complexity index is 497. The summed E-state index contributed by atoms with van der Waals surface area (Å²) >= 11 is 0. The van der Waals surface area contributed by atoms with Gasteiger partial charge in [0.15, 0.2) is 0 Å². The highest BCUT2D eigenvalue weighted by Gasteiger charge is 2.13. The van der Waals surface area contributed by atoms with Crippen LogP contribution in [0.2, 0.25) is 0 Å². The zero-order valence-corrected chi connectivity index (χ0v) is 12.3. The van der Waals surface area contributed by atoms with Crippen molar-refractivity contribution in [3.63, 3.8) is 0 Å². The van der Waals surface area contributed by atoms with Crippen LogP contribution in [-0.2, 0) is 19.1 Å². The second kappa shape index (κ2) is 8.73. The molecule has 6 nitrogen and oxygen atoms in total. The Kier molecular flexibility index (Phi) is 6.94. The van der Waals surface area contributed by atoms with Gasteiger partial charge in [0.2, 0.25) is 0 Å². The molecule has 21 heavy (non-hydrogen) atoms. The number of benzene rings is 1. The second-order valence-electron chi connectivity index (χ2n) is 4.48. The van der Waals surface area contributed by atoms with E-state index in [-0.39, 0.29) is 18.9 Å². The lowest BCUT2D eigenvalue weighted by molar-refractivity contribution is -0.143. The fourth-order valence-corrected chi connectivity index (χ4v) is 1.57. The lowest BCUT2D eigenvalue weighted by atomic mass is 10.2. The number of aryl methyl sites for hydroxylation is 1. The molecule has 0 aliphatic carbocycles. The molecule has 0 spiro atoms. The molecule has 114 valence electrons. The van der Waals surface area contributed by atoms with Crippen LogP contribution in [-0.4, -0.2) is 30.9 Å². The maximum Gasteiger partial charge on any atom is 0.313 e. The van der Waals surface area contributed by atoms with Crippen molar-refractivity contribution in [3.05, 3.63) is 29.8 Å². The zero-order chi connectivity index (χ0) is 15.7. The monoisotopic (exact) mass is 292 g/mol. The first-order chi connectivity index (χ1) is 10.0. The topological polar surface area (TPSA) is 84.5 Å². The SMILES string of the molecule is CCOC(=O)CCCNC(=O)C(=O)Nc1ccc(C)cc1.